The molecular weight excluding hydrogens is 222 g/mol. The summed E-state index contributed by atoms with van der Waals surface area (Å²) < 4.78 is 48.7. The molecular formula is C11H13F4N. The second-order valence-corrected chi connectivity index (χ2v) is 3.76. The van der Waals surface area contributed by atoms with Gasteiger partial charge in [0.25, 0.3) is 0 Å². The molecule has 0 spiro atoms. The second kappa shape index (κ2) is 4.82. The van der Waals surface area contributed by atoms with Gasteiger partial charge in [-0.3, -0.25) is 0 Å². The lowest BCUT2D eigenvalue weighted by molar-refractivity contribution is -0.136. The van der Waals surface area contributed by atoms with E-state index in [2.05, 4.69) is 0 Å². The fourth-order valence-corrected chi connectivity index (χ4v) is 1.53. The van der Waals surface area contributed by atoms with Crippen molar-refractivity contribution in [2.75, 3.05) is 0 Å². The van der Waals surface area contributed by atoms with E-state index >= 15 is 0 Å². The molecule has 0 saturated heterocycles. The molecule has 16 heavy (non-hydrogen) atoms. The van der Waals surface area contributed by atoms with Crippen LogP contribution in [-0.2, 0) is 0 Å². The zero-order valence-electron chi connectivity index (χ0n) is 8.81. The Morgan fingerprint density at radius 1 is 1.31 bits per heavy atom. The smallest absolute Gasteiger partial charge is 0.324 e. The summed E-state index contributed by atoms with van der Waals surface area (Å²) in [4.78, 5) is 0. The molecule has 0 fully saturated rings. The third-order valence-electron chi connectivity index (χ3n) is 2.37. The van der Waals surface area contributed by atoms with Crippen molar-refractivity contribution in [1.29, 1.82) is 0 Å². The van der Waals surface area contributed by atoms with Gasteiger partial charge in [-0.15, -0.1) is 0 Å². The summed E-state index contributed by atoms with van der Waals surface area (Å²) >= 11 is 0. The number of alkyl halides is 3. The first kappa shape index (κ1) is 13.0. The average Bonchev–Trinajstić information content (AvgIpc) is 2.13. The SMILES string of the molecule is Cc1cc(F)ccc1[C@H](N)CCC(F)(F)F. The van der Waals surface area contributed by atoms with Crippen LogP contribution >= 0.6 is 0 Å². The highest BCUT2D eigenvalue weighted by Crippen LogP contribution is 2.27. The van der Waals surface area contributed by atoms with E-state index in [0.717, 1.165) is 0 Å². The lowest BCUT2D eigenvalue weighted by atomic mass is 9.98. The van der Waals surface area contributed by atoms with E-state index in [1.54, 1.807) is 6.92 Å². The Hall–Kier alpha value is -1.10. The summed E-state index contributed by atoms with van der Waals surface area (Å²) in [5.74, 6) is -0.413. The normalized spacial score (nSPS) is 13.9. The highest BCUT2D eigenvalue weighted by molar-refractivity contribution is 5.29. The second-order valence-electron chi connectivity index (χ2n) is 3.76. The molecule has 0 heterocycles. The summed E-state index contributed by atoms with van der Waals surface area (Å²) in [5.41, 5.74) is 6.77. The summed E-state index contributed by atoms with van der Waals surface area (Å²) in [6.45, 7) is 1.63. The van der Waals surface area contributed by atoms with E-state index in [4.69, 9.17) is 5.73 Å². The highest BCUT2D eigenvalue weighted by atomic mass is 19.4. The Labute approximate surface area is 91.3 Å². The van der Waals surface area contributed by atoms with Gasteiger partial charge >= 0.3 is 6.18 Å². The molecule has 0 aliphatic heterocycles. The van der Waals surface area contributed by atoms with Gasteiger partial charge in [0.1, 0.15) is 5.82 Å². The molecule has 0 bridgehead atoms. The molecule has 0 aliphatic carbocycles. The molecule has 1 rings (SSSR count). The molecule has 1 nitrogen and oxygen atoms in total. The topological polar surface area (TPSA) is 26.0 Å². The Kier molecular flexibility index (Phi) is 3.91. The maximum atomic E-state index is 12.8. The van der Waals surface area contributed by atoms with E-state index < -0.39 is 24.5 Å². The monoisotopic (exact) mass is 235 g/mol. The predicted molar refractivity (Wildman–Crippen MR) is 53.4 cm³/mol. The molecule has 0 amide bonds. The van der Waals surface area contributed by atoms with Crippen LogP contribution in [0.25, 0.3) is 0 Å². The van der Waals surface area contributed by atoms with Gasteiger partial charge in [0.15, 0.2) is 0 Å². The quantitative estimate of drug-likeness (QED) is 0.797. The minimum absolute atomic E-state index is 0.185. The number of aryl methyl sites for hydroxylation is 1. The van der Waals surface area contributed by atoms with Gasteiger partial charge in [0, 0.05) is 12.5 Å². The van der Waals surface area contributed by atoms with Gasteiger partial charge < -0.3 is 5.73 Å². The van der Waals surface area contributed by atoms with Crippen LogP contribution in [0.2, 0.25) is 0 Å². The molecule has 0 unspecified atom stereocenters. The molecule has 0 aliphatic rings. The van der Waals surface area contributed by atoms with Crippen molar-refractivity contribution in [1.82, 2.24) is 0 Å². The van der Waals surface area contributed by atoms with Gasteiger partial charge in [-0.25, -0.2) is 4.39 Å². The fourth-order valence-electron chi connectivity index (χ4n) is 1.53. The first-order valence-corrected chi connectivity index (χ1v) is 4.88. The molecule has 1 aromatic rings. The lowest BCUT2D eigenvalue weighted by Crippen LogP contribution is -2.16. The van der Waals surface area contributed by atoms with E-state index in [1.165, 1.54) is 18.2 Å². The van der Waals surface area contributed by atoms with Crippen LogP contribution in [0.3, 0.4) is 0 Å². The van der Waals surface area contributed by atoms with Crippen molar-refractivity contribution in [2.45, 2.75) is 32.0 Å². The van der Waals surface area contributed by atoms with E-state index in [-0.39, 0.29) is 6.42 Å². The maximum absolute atomic E-state index is 12.8. The third-order valence-corrected chi connectivity index (χ3v) is 2.37. The largest absolute Gasteiger partial charge is 0.389 e. The predicted octanol–water partition coefficient (Wildman–Crippen LogP) is 3.48. The van der Waals surface area contributed by atoms with Crippen LogP contribution in [0.5, 0.6) is 0 Å². The molecule has 90 valence electrons. The van der Waals surface area contributed by atoms with Crippen molar-refractivity contribution < 1.29 is 17.6 Å². The van der Waals surface area contributed by atoms with E-state index in [9.17, 15) is 17.6 Å². The average molecular weight is 235 g/mol. The fraction of sp³-hybridized carbons (Fsp3) is 0.455. The van der Waals surface area contributed by atoms with Gasteiger partial charge in [0.2, 0.25) is 0 Å². The van der Waals surface area contributed by atoms with E-state index in [0.29, 0.717) is 11.1 Å². The Morgan fingerprint density at radius 2 is 1.94 bits per heavy atom. The van der Waals surface area contributed by atoms with Crippen molar-refractivity contribution in [3.8, 4) is 0 Å². The summed E-state index contributed by atoms with van der Waals surface area (Å²) in [5, 5.41) is 0. The molecule has 2 N–H and O–H groups in total. The summed E-state index contributed by atoms with van der Waals surface area (Å²) in [7, 11) is 0. The van der Waals surface area contributed by atoms with Crippen LogP contribution in [0.4, 0.5) is 17.6 Å². The maximum Gasteiger partial charge on any atom is 0.389 e. The van der Waals surface area contributed by atoms with Crippen LogP contribution < -0.4 is 5.73 Å². The molecule has 1 aromatic carbocycles. The summed E-state index contributed by atoms with van der Waals surface area (Å²) in [6.07, 6.45) is -5.31. The first-order chi connectivity index (χ1) is 7.29. The Balaban J connectivity index is 2.70. The number of rotatable bonds is 3. The lowest BCUT2D eigenvalue weighted by Gasteiger charge is -2.15. The Morgan fingerprint density at radius 3 is 2.44 bits per heavy atom. The minimum Gasteiger partial charge on any atom is -0.324 e. The zero-order valence-corrected chi connectivity index (χ0v) is 8.81. The van der Waals surface area contributed by atoms with Crippen molar-refractivity contribution in [2.24, 2.45) is 5.73 Å². The van der Waals surface area contributed by atoms with Crippen molar-refractivity contribution >= 4 is 0 Å². The molecule has 0 saturated carbocycles. The number of hydrogen-bond acceptors (Lipinski definition) is 1. The zero-order chi connectivity index (χ0) is 12.3. The van der Waals surface area contributed by atoms with E-state index in [1.807, 2.05) is 0 Å². The molecule has 0 radical (unpaired) electrons. The van der Waals surface area contributed by atoms with Crippen LogP contribution in [0.15, 0.2) is 18.2 Å². The van der Waals surface area contributed by atoms with Crippen LogP contribution in [0, 0.1) is 12.7 Å². The minimum atomic E-state index is -4.20. The van der Waals surface area contributed by atoms with Crippen LogP contribution in [0.1, 0.15) is 30.0 Å². The molecule has 5 heteroatoms. The van der Waals surface area contributed by atoms with Gasteiger partial charge in [-0.1, -0.05) is 6.07 Å². The van der Waals surface area contributed by atoms with Gasteiger partial charge in [-0.05, 0) is 36.6 Å². The number of halogens is 4. The molecule has 1 atom stereocenters. The highest BCUT2D eigenvalue weighted by Gasteiger charge is 2.28. The summed E-state index contributed by atoms with van der Waals surface area (Å²) in [6, 6.07) is 3.20. The Bertz CT molecular complexity index is 359. The molecule has 0 aromatic heterocycles. The van der Waals surface area contributed by atoms with Gasteiger partial charge in [0.05, 0.1) is 0 Å². The van der Waals surface area contributed by atoms with Crippen molar-refractivity contribution in [3.63, 3.8) is 0 Å². The van der Waals surface area contributed by atoms with Gasteiger partial charge in [-0.2, -0.15) is 13.2 Å². The van der Waals surface area contributed by atoms with Crippen molar-refractivity contribution in [3.05, 3.63) is 35.1 Å². The first-order valence-electron chi connectivity index (χ1n) is 4.88. The van der Waals surface area contributed by atoms with Crippen LogP contribution in [-0.4, -0.2) is 6.18 Å². The number of benzene rings is 1. The number of hydrogen-bond donors (Lipinski definition) is 1. The standard InChI is InChI=1S/C11H13F4N/c1-7-6-8(12)2-3-9(7)10(16)4-5-11(13,14)15/h2-3,6,10H,4-5,16H2,1H3/t10-/m1/s1. The third kappa shape index (κ3) is 3.81. The number of nitrogens with two attached hydrogens (primary N) is 1.